The number of hydrogen-bond acceptors (Lipinski definition) is 4. The highest BCUT2D eigenvalue weighted by atomic mass is 31.2. The molecule has 0 unspecified atom stereocenters. The molecule has 0 N–H and O–H groups in total. The number of esters is 1. The molecular weight excluding hydrogens is 438 g/mol. The fourth-order valence-corrected chi connectivity index (χ4v) is 12.5. The SMILES string of the molecule is CC(=O)O[C@H]1C[C@H](P(=O)(C(C)C)C(C)C)C[C@@H]1CP(=O)(c1ccccc1)c1ccccc1. The van der Waals surface area contributed by atoms with Crippen molar-refractivity contribution in [2.75, 3.05) is 6.16 Å². The zero-order valence-corrected chi connectivity index (χ0v) is 21.6. The van der Waals surface area contributed by atoms with Crippen molar-refractivity contribution in [1.29, 1.82) is 0 Å². The zero-order valence-electron chi connectivity index (χ0n) is 19.8. The summed E-state index contributed by atoms with van der Waals surface area (Å²) in [7, 11) is -5.48. The van der Waals surface area contributed by atoms with E-state index in [4.69, 9.17) is 4.74 Å². The molecule has 0 bridgehead atoms. The molecule has 0 aliphatic heterocycles. The molecule has 0 radical (unpaired) electrons. The Morgan fingerprint density at radius 3 is 1.75 bits per heavy atom. The van der Waals surface area contributed by atoms with Gasteiger partial charge in [0.05, 0.1) is 7.14 Å². The van der Waals surface area contributed by atoms with Gasteiger partial charge in [-0.2, -0.15) is 0 Å². The van der Waals surface area contributed by atoms with Crippen LogP contribution >= 0.6 is 14.3 Å². The number of carbonyl (C=O) groups is 1. The van der Waals surface area contributed by atoms with Gasteiger partial charge in [0.2, 0.25) is 0 Å². The van der Waals surface area contributed by atoms with Gasteiger partial charge in [0.15, 0.2) is 0 Å². The van der Waals surface area contributed by atoms with E-state index >= 15 is 0 Å². The van der Waals surface area contributed by atoms with E-state index in [0.717, 1.165) is 10.6 Å². The standard InChI is InChI=1S/C26H36O4P2/c1-19(2)32(29,20(3)4)25-16-22(26(17-25)30-21(5)27)18-31(28,23-12-8-6-9-13-23)24-14-10-7-11-15-24/h6-15,19-20,22,25-26H,16-18H2,1-5H3/t22-,25-,26+/m1/s1. The van der Waals surface area contributed by atoms with Crippen LogP contribution in [0.15, 0.2) is 60.7 Å². The molecule has 0 saturated heterocycles. The van der Waals surface area contributed by atoms with Gasteiger partial charge in [0.1, 0.15) is 13.2 Å². The summed E-state index contributed by atoms with van der Waals surface area (Å²) in [5.41, 5.74) is 0.121. The van der Waals surface area contributed by atoms with E-state index in [-0.39, 0.29) is 35.0 Å². The van der Waals surface area contributed by atoms with Crippen LogP contribution in [0.4, 0.5) is 0 Å². The Balaban J connectivity index is 2.01. The molecule has 32 heavy (non-hydrogen) atoms. The highest BCUT2D eigenvalue weighted by Gasteiger charge is 2.49. The summed E-state index contributed by atoms with van der Waals surface area (Å²) in [4.78, 5) is 11.9. The summed E-state index contributed by atoms with van der Waals surface area (Å²) in [5.74, 6) is -0.431. The number of carbonyl (C=O) groups excluding carboxylic acids is 1. The first-order chi connectivity index (χ1) is 15.1. The molecular formula is C26H36O4P2. The molecule has 2 aromatic carbocycles. The molecule has 2 aromatic rings. The number of rotatable bonds is 8. The van der Waals surface area contributed by atoms with Gasteiger partial charge in [0, 0.05) is 46.6 Å². The maximum absolute atomic E-state index is 14.6. The van der Waals surface area contributed by atoms with Gasteiger partial charge < -0.3 is 13.9 Å². The Kier molecular flexibility index (Phi) is 7.89. The molecule has 3 rings (SSSR count). The van der Waals surface area contributed by atoms with E-state index in [1.807, 2.05) is 88.4 Å². The van der Waals surface area contributed by atoms with Crippen LogP contribution in [-0.2, 0) is 18.7 Å². The lowest BCUT2D eigenvalue weighted by atomic mass is 10.1. The average molecular weight is 475 g/mol. The van der Waals surface area contributed by atoms with Gasteiger partial charge in [-0.3, -0.25) is 4.79 Å². The van der Waals surface area contributed by atoms with E-state index in [1.54, 1.807) is 0 Å². The van der Waals surface area contributed by atoms with Gasteiger partial charge >= 0.3 is 5.97 Å². The van der Waals surface area contributed by atoms with E-state index in [2.05, 4.69) is 0 Å². The molecule has 0 spiro atoms. The Morgan fingerprint density at radius 1 is 0.875 bits per heavy atom. The molecule has 6 heteroatoms. The number of benzene rings is 2. The van der Waals surface area contributed by atoms with Crippen LogP contribution in [0.25, 0.3) is 0 Å². The third kappa shape index (κ3) is 4.97. The Hall–Kier alpha value is -1.63. The summed E-state index contributed by atoms with van der Waals surface area (Å²) in [6.07, 6.45) is 1.31. The fraction of sp³-hybridized carbons (Fsp3) is 0.500. The first kappa shape index (κ1) is 25.0. The maximum Gasteiger partial charge on any atom is 0.302 e. The molecule has 1 aliphatic rings. The molecule has 1 fully saturated rings. The average Bonchev–Trinajstić information content (AvgIpc) is 3.15. The molecule has 0 amide bonds. The van der Waals surface area contributed by atoms with Crippen LogP contribution in [0, 0.1) is 5.92 Å². The first-order valence-electron chi connectivity index (χ1n) is 11.6. The second-order valence-electron chi connectivity index (χ2n) is 9.58. The van der Waals surface area contributed by atoms with Crippen molar-refractivity contribution < 1.29 is 18.7 Å². The minimum Gasteiger partial charge on any atom is -0.462 e. The number of ether oxygens (including phenoxy) is 1. The van der Waals surface area contributed by atoms with Gasteiger partial charge in [-0.1, -0.05) is 88.4 Å². The minimum absolute atomic E-state index is 0.0168. The summed E-state index contributed by atoms with van der Waals surface area (Å²) < 4.78 is 34.5. The summed E-state index contributed by atoms with van der Waals surface area (Å²) in [5, 5.41) is 1.62. The summed E-state index contributed by atoms with van der Waals surface area (Å²) in [6, 6.07) is 19.2. The van der Waals surface area contributed by atoms with Crippen molar-refractivity contribution in [1.82, 2.24) is 0 Å². The molecule has 174 valence electrons. The largest absolute Gasteiger partial charge is 0.462 e. The molecule has 0 heterocycles. The minimum atomic E-state index is -2.96. The van der Waals surface area contributed by atoms with Crippen molar-refractivity contribution in [2.45, 2.75) is 70.5 Å². The van der Waals surface area contributed by atoms with Crippen molar-refractivity contribution in [3.05, 3.63) is 60.7 Å². The van der Waals surface area contributed by atoms with Crippen LogP contribution in [0.5, 0.6) is 0 Å². The lowest BCUT2D eigenvalue weighted by molar-refractivity contribution is -0.147. The van der Waals surface area contributed by atoms with Crippen LogP contribution in [0.1, 0.15) is 47.5 Å². The van der Waals surface area contributed by atoms with Crippen molar-refractivity contribution in [3.63, 3.8) is 0 Å². The highest BCUT2D eigenvalue weighted by Crippen LogP contribution is 2.65. The molecule has 1 saturated carbocycles. The van der Waals surface area contributed by atoms with E-state index in [9.17, 15) is 13.9 Å². The second kappa shape index (κ2) is 10.1. The van der Waals surface area contributed by atoms with Crippen molar-refractivity contribution in [2.24, 2.45) is 5.92 Å². The maximum atomic E-state index is 14.6. The molecule has 0 aromatic heterocycles. The van der Waals surface area contributed by atoms with Gasteiger partial charge in [0.25, 0.3) is 0 Å². The smallest absolute Gasteiger partial charge is 0.302 e. The monoisotopic (exact) mass is 474 g/mol. The number of hydrogen-bond donors (Lipinski definition) is 0. The molecule has 3 atom stereocenters. The van der Waals surface area contributed by atoms with Gasteiger partial charge in [-0.15, -0.1) is 0 Å². The van der Waals surface area contributed by atoms with Crippen molar-refractivity contribution >= 4 is 30.9 Å². The van der Waals surface area contributed by atoms with Crippen LogP contribution in [-0.4, -0.2) is 35.2 Å². The van der Waals surface area contributed by atoms with Gasteiger partial charge in [-0.25, -0.2) is 0 Å². The highest BCUT2D eigenvalue weighted by molar-refractivity contribution is 7.78. The van der Waals surface area contributed by atoms with Gasteiger partial charge in [-0.05, 0) is 12.8 Å². The summed E-state index contributed by atoms with van der Waals surface area (Å²) in [6.45, 7) is 9.56. The van der Waals surface area contributed by atoms with Crippen LogP contribution in [0.2, 0.25) is 0 Å². The molecule has 4 nitrogen and oxygen atoms in total. The predicted molar refractivity (Wildman–Crippen MR) is 135 cm³/mol. The Labute approximate surface area is 192 Å². The topological polar surface area (TPSA) is 60.4 Å². The third-order valence-electron chi connectivity index (χ3n) is 6.95. The van der Waals surface area contributed by atoms with E-state index in [0.29, 0.717) is 19.0 Å². The van der Waals surface area contributed by atoms with E-state index < -0.39 is 14.3 Å². The van der Waals surface area contributed by atoms with Crippen molar-refractivity contribution in [3.8, 4) is 0 Å². The van der Waals surface area contributed by atoms with E-state index in [1.165, 1.54) is 6.92 Å². The van der Waals surface area contributed by atoms with Crippen LogP contribution < -0.4 is 10.6 Å². The third-order valence-corrected chi connectivity index (χ3v) is 15.0. The lowest BCUT2D eigenvalue weighted by Crippen LogP contribution is -2.28. The molecule has 1 aliphatic carbocycles. The summed E-state index contributed by atoms with van der Waals surface area (Å²) >= 11 is 0. The van der Waals surface area contributed by atoms with Crippen LogP contribution in [0.3, 0.4) is 0 Å². The first-order valence-corrected chi connectivity index (χ1v) is 15.4. The second-order valence-corrected chi connectivity index (χ2v) is 16.8. The quantitative estimate of drug-likeness (QED) is 0.354. The Bertz CT molecular complexity index is 946. The Morgan fingerprint density at radius 2 is 1.34 bits per heavy atom. The normalized spacial score (nSPS) is 21.8. The fourth-order valence-electron chi connectivity index (χ4n) is 5.40. The lowest BCUT2D eigenvalue weighted by Gasteiger charge is -2.32. The zero-order chi connectivity index (χ0) is 23.5. The predicted octanol–water partition coefficient (Wildman–Crippen LogP) is 5.89.